The lowest BCUT2D eigenvalue weighted by molar-refractivity contribution is 0.0526. The molecule has 0 fully saturated rings. The van der Waals surface area contributed by atoms with Gasteiger partial charge in [-0.2, -0.15) is 0 Å². The highest BCUT2D eigenvalue weighted by molar-refractivity contribution is 9.10. The molecule has 0 saturated carbocycles. The number of carbonyl (C=O) groups is 1. The Morgan fingerprint density at radius 3 is 2.90 bits per heavy atom. The standard InChI is InChI=1S/C22H22BrNO4S/c1-4-10-28-20-14(11-15(23)12-17(20)26-3)13-24-21-19(22(25)27-5-2)16-8-6-7-9-18(16)29-21/h1,11-13H,5-10H2,2-3H3. The fourth-order valence-electron chi connectivity index (χ4n) is 3.29. The molecule has 0 atom stereocenters. The molecule has 1 heterocycles. The zero-order valence-corrected chi connectivity index (χ0v) is 18.8. The molecule has 0 radical (unpaired) electrons. The molecule has 0 N–H and O–H groups in total. The highest BCUT2D eigenvalue weighted by Crippen LogP contribution is 2.41. The van der Waals surface area contributed by atoms with Crippen LogP contribution in [0.5, 0.6) is 11.5 Å². The molecule has 0 spiro atoms. The molecule has 0 amide bonds. The van der Waals surface area contributed by atoms with Crippen LogP contribution in [0.4, 0.5) is 5.00 Å². The van der Waals surface area contributed by atoms with E-state index < -0.39 is 0 Å². The quantitative estimate of drug-likeness (QED) is 0.308. The second-order valence-corrected chi connectivity index (χ2v) is 8.39. The first-order valence-electron chi connectivity index (χ1n) is 9.38. The van der Waals surface area contributed by atoms with E-state index in [9.17, 15) is 4.79 Å². The fourth-order valence-corrected chi connectivity index (χ4v) is 4.96. The number of thiophene rings is 1. The normalized spacial score (nSPS) is 13.0. The van der Waals surface area contributed by atoms with Crippen LogP contribution in [0.2, 0.25) is 0 Å². The summed E-state index contributed by atoms with van der Waals surface area (Å²) < 4.78 is 17.2. The molecule has 0 saturated heterocycles. The second-order valence-electron chi connectivity index (χ2n) is 6.39. The molecule has 0 aliphatic heterocycles. The first-order chi connectivity index (χ1) is 14.1. The molecule has 2 aromatic rings. The molecular formula is C22H22BrNO4S. The van der Waals surface area contributed by atoms with Crippen LogP contribution in [-0.2, 0) is 17.6 Å². The highest BCUT2D eigenvalue weighted by atomic mass is 79.9. The van der Waals surface area contributed by atoms with Crippen LogP contribution in [0.25, 0.3) is 0 Å². The van der Waals surface area contributed by atoms with Gasteiger partial charge in [0.1, 0.15) is 11.6 Å². The van der Waals surface area contributed by atoms with Crippen LogP contribution >= 0.6 is 27.3 Å². The minimum Gasteiger partial charge on any atom is -0.493 e. The molecule has 29 heavy (non-hydrogen) atoms. The summed E-state index contributed by atoms with van der Waals surface area (Å²) in [4.78, 5) is 18.5. The largest absolute Gasteiger partial charge is 0.493 e. The second kappa shape index (κ2) is 9.95. The van der Waals surface area contributed by atoms with Gasteiger partial charge in [0.2, 0.25) is 0 Å². The number of nitrogens with zero attached hydrogens (tertiary/aromatic N) is 1. The average molecular weight is 476 g/mol. The van der Waals surface area contributed by atoms with E-state index in [1.807, 2.05) is 13.0 Å². The van der Waals surface area contributed by atoms with Crippen LogP contribution in [-0.4, -0.2) is 32.5 Å². The Morgan fingerprint density at radius 1 is 1.38 bits per heavy atom. The van der Waals surface area contributed by atoms with Crippen molar-refractivity contribution in [2.45, 2.75) is 32.6 Å². The number of ether oxygens (including phenoxy) is 3. The SMILES string of the molecule is C#CCOc1c(C=Nc2sc3c(c2C(=O)OCC)CCCC3)cc(Br)cc1OC. The molecule has 152 valence electrons. The predicted molar refractivity (Wildman–Crippen MR) is 119 cm³/mol. The van der Waals surface area contributed by atoms with Crippen molar-refractivity contribution in [3.8, 4) is 23.8 Å². The van der Waals surface area contributed by atoms with E-state index >= 15 is 0 Å². The van der Waals surface area contributed by atoms with Gasteiger partial charge in [0.05, 0.1) is 19.3 Å². The summed E-state index contributed by atoms with van der Waals surface area (Å²) >= 11 is 5.04. The maximum atomic E-state index is 12.6. The van der Waals surface area contributed by atoms with Gasteiger partial charge >= 0.3 is 5.97 Å². The summed E-state index contributed by atoms with van der Waals surface area (Å²) in [6.07, 6.45) is 11.1. The van der Waals surface area contributed by atoms with Crippen molar-refractivity contribution in [2.75, 3.05) is 20.3 Å². The number of carbonyl (C=O) groups excluding carboxylic acids is 1. The van der Waals surface area contributed by atoms with Gasteiger partial charge in [-0.15, -0.1) is 17.8 Å². The number of rotatable bonds is 7. The predicted octanol–water partition coefficient (Wildman–Crippen LogP) is 5.34. The van der Waals surface area contributed by atoms with E-state index in [1.165, 1.54) is 4.88 Å². The van der Waals surface area contributed by atoms with E-state index in [-0.39, 0.29) is 12.6 Å². The van der Waals surface area contributed by atoms with Crippen molar-refractivity contribution in [3.63, 3.8) is 0 Å². The zero-order valence-electron chi connectivity index (χ0n) is 16.4. The van der Waals surface area contributed by atoms with Gasteiger partial charge in [0.25, 0.3) is 0 Å². The van der Waals surface area contributed by atoms with Crippen molar-refractivity contribution in [1.29, 1.82) is 0 Å². The Morgan fingerprint density at radius 2 is 2.17 bits per heavy atom. The van der Waals surface area contributed by atoms with E-state index in [0.717, 1.165) is 35.7 Å². The van der Waals surface area contributed by atoms with Crippen molar-refractivity contribution in [2.24, 2.45) is 4.99 Å². The van der Waals surface area contributed by atoms with Crippen LogP contribution < -0.4 is 9.47 Å². The lowest BCUT2D eigenvalue weighted by Crippen LogP contribution is -2.09. The third-order valence-electron chi connectivity index (χ3n) is 4.52. The number of aliphatic imine (C=N–C) groups is 1. The lowest BCUT2D eigenvalue weighted by atomic mass is 9.95. The number of methoxy groups -OCH3 is 1. The number of benzene rings is 1. The van der Waals surface area contributed by atoms with Gasteiger partial charge in [0, 0.05) is 21.1 Å². The lowest BCUT2D eigenvalue weighted by Gasteiger charge is -2.12. The molecule has 1 aliphatic rings. The topological polar surface area (TPSA) is 57.1 Å². The summed E-state index contributed by atoms with van der Waals surface area (Å²) in [5, 5.41) is 0.664. The molecule has 3 rings (SSSR count). The third-order valence-corrected chi connectivity index (χ3v) is 6.18. The smallest absolute Gasteiger partial charge is 0.341 e. The number of esters is 1. The fraction of sp³-hybridized carbons (Fsp3) is 0.364. The molecule has 0 unspecified atom stereocenters. The summed E-state index contributed by atoms with van der Waals surface area (Å²) in [6.45, 7) is 2.25. The Balaban J connectivity index is 2.04. The highest BCUT2D eigenvalue weighted by Gasteiger charge is 2.26. The van der Waals surface area contributed by atoms with Crippen molar-refractivity contribution >= 4 is 44.5 Å². The Kier molecular flexibility index (Phi) is 7.34. The summed E-state index contributed by atoms with van der Waals surface area (Å²) in [7, 11) is 1.57. The monoisotopic (exact) mass is 475 g/mol. The minimum atomic E-state index is -0.310. The van der Waals surface area contributed by atoms with Gasteiger partial charge in [-0.3, -0.25) is 0 Å². The first-order valence-corrected chi connectivity index (χ1v) is 11.0. The average Bonchev–Trinajstić information content (AvgIpc) is 3.09. The number of aryl methyl sites for hydroxylation is 1. The number of hydrogen-bond donors (Lipinski definition) is 0. The van der Waals surface area contributed by atoms with Gasteiger partial charge in [-0.1, -0.05) is 21.9 Å². The molecule has 1 aliphatic carbocycles. The summed E-state index contributed by atoms with van der Waals surface area (Å²) in [5.74, 6) is 3.21. The summed E-state index contributed by atoms with van der Waals surface area (Å²) in [6, 6.07) is 3.67. The van der Waals surface area contributed by atoms with Crippen molar-refractivity contribution < 1.29 is 19.0 Å². The van der Waals surface area contributed by atoms with Crippen molar-refractivity contribution in [1.82, 2.24) is 0 Å². The maximum Gasteiger partial charge on any atom is 0.341 e. The van der Waals surface area contributed by atoms with Gasteiger partial charge in [-0.05, 0) is 50.3 Å². The van der Waals surface area contributed by atoms with Crippen LogP contribution in [0.3, 0.4) is 0 Å². The van der Waals surface area contributed by atoms with E-state index in [0.29, 0.717) is 34.2 Å². The number of fused-ring (bicyclic) bond motifs is 1. The molecule has 1 aromatic heterocycles. The zero-order chi connectivity index (χ0) is 20.8. The molecule has 0 bridgehead atoms. The van der Waals surface area contributed by atoms with Crippen molar-refractivity contribution in [3.05, 3.63) is 38.2 Å². The number of terminal acetylenes is 1. The van der Waals surface area contributed by atoms with E-state index in [2.05, 4.69) is 26.8 Å². The van der Waals surface area contributed by atoms with Gasteiger partial charge < -0.3 is 14.2 Å². The maximum absolute atomic E-state index is 12.6. The summed E-state index contributed by atoms with van der Waals surface area (Å²) in [5.41, 5.74) is 2.38. The Labute approximate surface area is 183 Å². The Hall–Kier alpha value is -2.30. The Bertz CT molecular complexity index is 974. The number of halogens is 1. The molecule has 7 heteroatoms. The van der Waals surface area contributed by atoms with Crippen LogP contribution in [0.1, 0.15) is 46.1 Å². The van der Waals surface area contributed by atoms with E-state index in [1.54, 1.807) is 30.7 Å². The van der Waals surface area contributed by atoms with Crippen LogP contribution in [0, 0.1) is 12.3 Å². The van der Waals surface area contributed by atoms with Crippen LogP contribution in [0.15, 0.2) is 21.6 Å². The van der Waals surface area contributed by atoms with E-state index in [4.69, 9.17) is 20.6 Å². The van der Waals surface area contributed by atoms with Gasteiger partial charge in [0.15, 0.2) is 11.5 Å². The first kappa shape index (κ1) is 21.4. The third kappa shape index (κ3) is 4.82. The molecule has 1 aromatic carbocycles. The molecular weight excluding hydrogens is 454 g/mol. The number of hydrogen-bond acceptors (Lipinski definition) is 6. The van der Waals surface area contributed by atoms with Gasteiger partial charge in [-0.25, -0.2) is 9.79 Å². The minimum absolute atomic E-state index is 0.111. The molecule has 5 nitrogen and oxygen atoms in total.